The van der Waals surface area contributed by atoms with Crippen molar-refractivity contribution in [3.8, 4) is 0 Å². The van der Waals surface area contributed by atoms with Gasteiger partial charge in [0.2, 0.25) is 0 Å². The first-order chi connectivity index (χ1) is 11.3. The molecule has 3 rings (SSSR count). The van der Waals surface area contributed by atoms with Gasteiger partial charge in [0.15, 0.2) is 0 Å². The molecule has 1 amide bonds. The van der Waals surface area contributed by atoms with Gasteiger partial charge in [-0.1, -0.05) is 6.08 Å². The molecule has 24 heavy (non-hydrogen) atoms. The Balaban J connectivity index is 2.15. The fourth-order valence-corrected chi connectivity index (χ4v) is 3.30. The second-order valence-electron chi connectivity index (χ2n) is 6.10. The molecule has 1 atom stereocenters. The van der Waals surface area contributed by atoms with Crippen LogP contribution >= 0.6 is 0 Å². The van der Waals surface area contributed by atoms with Crippen LogP contribution in [0.1, 0.15) is 24.5 Å². The molecule has 0 radical (unpaired) electrons. The minimum atomic E-state index is -0.941. The van der Waals surface area contributed by atoms with E-state index in [4.69, 9.17) is 0 Å². The molecule has 1 N–H and O–H groups in total. The summed E-state index contributed by atoms with van der Waals surface area (Å²) in [5, 5.41) is 21.2. The fraction of sp³-hybridized carbons (Fsp3) is 0.375. The number of nitrogens with zero attached hydrogens (tertiary/aromatic N) is 4. The highest BCUT2D eigenvalue weighted by molar-refractivity contribution is 5.95. The van der Waals surface area contributed by atoms with Crippen LogP contribution in [0.3, 0.4) is 0 Å². The van der Waals surface area contributed by atoms with Gasteiger partial charge in [-0.05, 0) is 25.8 Å². The minimum absolute atomic E-state index is 0.00781. The first kappa shape index (κ1) is 16.0. The van der Waals surface area contributed by atoms with Gasteiger partial charge in [-0.25, -0.2) is 9.78 Å². The van der Waals surface area contributed by atoms with Crippen LogP contribution in [0.5, 0.6) is 0 Å². The Bertz CT molecular complexity index is 884. The summed E-state index contributed by atoms with van der Waals surface area (Å²) in [6.45, 7) is 3.89. The first-order valence-corrected chi connectivity index (χ1v) is 7.59. The van der Waals surface area contributed by atoms with Crippen molar-refractivity contribution in [1.29, 1.82) is 0 Å². The second-order valence-corrected chi connectivity index (χ2v) is 6.10. The molecular weight excluding hydrogens is 312 g/mol. The van der Waals surface area contributed by atoms with Gasteiger partial charge < -0.3 is 14.6 Å². The van der Waals surface area contributed by atoms with E-state index >= 15 is 0 Å². The maximum atomic E-state index is 11.2. The Morgan fingerprint density at radius 2 is 2.21 bits per heavy atom. The highest BCUT2D eigenvalue weighted by Crippen LogP contribution is 2.36. The van der Waals surface area contributed by atoms with E-state index in [0.29, 0.717) is 24.2 Å². The standard InChI is InChI=1S/C16H18N4O4/c1-9-6-11(4-5-19(9)16(21)22)12-8-18(3)15-14(12)10(2)13(7-17-15)20(23)24/h4,7-9H,5-6H2,1-3H3,(H,21,22)/t9-/m0/s1. The predicted molar refractivity (Wildman–Crippen MR) is 88.9 cm³/mol. The largest absolute Gasteiger partial charge is 0.465 e. The van der Waals surface area contributed by atoms with E-state index in [2.05, 4.69) is 4.98 Å². The van der Waals surface area contributed by atoms with E-state index in [1.807, 2.05) is 30.8 Å². The quantitative estimate of drug-likeness (QED) is 0.674. The van der Waals surface area contributed by atoms with E-state index in [1.54, 1.807) is 6.92 Å². The van der Waals surface area contributed by atoms with E-state index < -0.39 is 11.0 Å². The molecule has 0 saturated heterocycles. The summed E-state index contributed by atoms with van der Waals surface area (Å²) in [4.78, 5) is 27.6. The average molecular weight is 330 g/mol. The molecule has 1 aliphatic rings. The molecule has 0 unspecified atom stereocenters. The third-order valence-corrected chi connectivity index (χ3v) is 4.59. The van der Waals surface area contributed by atoms with Crippen LogP contribution in [0.2, 0.25) is 0 Å². The van der Waals surface area contributed by atoms with Gasteiger partial charge in [0.05, 0.1) is 4.92 Å². The van der Waals surface area contributed by atoms with Crippen LogP contribution in [0.4, 0.5) is 10.5 Å². The predicted octanol–water partition coefficient (Wildman–Crippen LogP) is 2.95. The number of hydrogen-bond acceptors (Lipinski definition) is 4. The van der Waals surface area contributed by atoms with E-state index in [1.165, 1.54) is 11.1 Å². The third kappa shape index (κ3) is 2.40. The number of hydrogen-bond donors (Lipinski definition) is 1. The Hall–Kier alpha value is -2.90. The minimum Gasteiger partial charge on any atom is -0.465 e. The van der Waals surface area contributed by atoms with Gasteiger partial charge in [0.1, 0.15) is 11.8 Å². The molecule has 0 spiro atoms. The molecule has 126 valence electrons. The van der Waals surface area contributed by atoms with Crippen molar-refractivity contribution in [3.63, 3.8) is 0 Å². The van der Waals surface area contributed by atoms with E-state index in [0.717, 1.165) is 16.5 Å². The lowest BCUT2D eigenvalue weighted by Crippen LogP contribution is -2.40. The monoisotopic (exact) mass is 330 g/mol. The lowest BCUT2D eigenvalue weighted by atomic mass is 9.94. The molecule has 8 nitrogen and oxygen atoms in total. The highest BCUT2D eigenvalue weighted by Gasteiger charge is 2.27. The van der Waals surface area contributed by atoms with Gasteiger partial charge in [-0.2, -0.15) is 0 Å². The first-order valence-electron chi connectivity index (χ1n) is 7.59. The van der Waals surface area contributed by atoms with Crippen LogP contribution < -0.4 is 0 Å². The lowest BCUT2D eigenvalue weighted by molar-refractivity contribution is -0.385. The van der Waals surface area contributed by atoms with Crippen molar-refractivity contribution in [3.05, 3.63) is 39.7 Å². The van der Waals surface area contributed by atoms with Crippen molar-refractivity contribution in [2.75, 3.05) is 6.54 Å². The lowest BCUT2D eigenvalue weighted by Gasteiger charge is -2.30. The number of rotatable bonds is 2. The van der Waals surface area contributed by atoms with E-state index in [-0.39, 0.29) is 11.7 Å². The van der Waals surface area contributed by atoms with Gasteiger partial charge in [-0.15, -0.1) is 0 Å². The molecule has 2 aromatic heterocycles. The van der Waals surface area contributed by atoms with Gasteiger partial charge in [-0.3, -0.25) is 10.1 Å². The van der Waals surface area contributed by atoms with Crippen molar-refractivity contribution in [1.82, 2.24) is 14.5 Å². The van der Waals surface area contributed by atoms with E-state index in [9.17, 15) is 20.0 Å². The highest BCUT2D eigenvalue weighted by atomic mass is 16.6. The molecule has 0 fully saturated rings. The van der Waals surface area contributed by atoms with Gasteiger partial charge >= 0.3 is 6.09 Å². The van der Waals surface area contributed by atoms with Crippen LogP contribution in [0.25, 0.3) is 16.6 Å². The SMILES string of the molecule is Cc1c([N+](=O)[O-])cnc2c1c(C1=CCN(C(=O)O)[C@@H](C)C1)cn2C. The molecule has 8 heteroatoms. The zero-order valence-corrected chi connectivity index (χ0v) is 13.7. The van der Waals surface area contributed by atoms with Crippen LogP contribution in [0.15, 0.2) is 18.5 Å². The molecule has 0 aromatic carbocycles. The second kappa shape index (κ2) is 5.63. The molecule has 0 aliphatic carbocycles. The zero-order chi connectivity index (χ0) is 17.6. The van der Waals surface area contributed by atoms with Crippen molar-refractivity contribution >= 4 is 28.4 Å². The maximum Gasteiger partial charge on any atom is 0.407 e. The summed E-state index contributed by atoms with van der Waals surface area (Å²) in [5.41, 5.74) is 3.14. The van der Waals surface area contributed by atoms with Crippen LogP contribution in [-0.4, -0.2) is 43.2 Å². The van der Waals surface area contributed by atoms with Crippen LogP contribution in [0, 0.1) is 17.0 Å². The Morgan fingerprint density at radius 1 is 1.50 bits per heavy atom. The summed E-state index contributed by atoms with van der Waals surface area (Å²) in [7, 11) is 1.85. The number of pyridine rings is 1. The summed E-state index contributed by atoms with van der Waals surface area (Å²) in [5.74, 6) is 0. The van der Waals surface area contributed by atoms with Crippen molar-refractivity contribution < 1.29 is 14.8 Å². The number of aromatic nitrogens is 2. The molecular formula is C16H18N4O4. The summed E-state index contributed by atoms with van der Waals surface area (Å²) in [6, 6.07) is -0.148. The third-order valence-electron chi connectivity index (χ3n) is 4.59. The smallest absolute Gasteiger partial charge is 0.407 e. The number of fused-ring (bicyclic) bond motifs is 1. The van der Waals surface area contributed by atoms with Gasteiger partial charge in [0.25, 0.3) is 5.69 Å². The molecule has 0 bridgehead atoms. The number of carbonyl (C=O) groups is 1. The Labute approximate surface area is 138 Å². The number of carboxylic acid groups (broad SMARTS) is 1. The number of nitro groups is 1. The Kier molecular flexibility index (Phi) is 3.75. The summed E-state index contributed by atoms with van der Waals surface area (Å²) < 4.78 is 1.84. The molecule has 2 aromatic rings. The molecule has 0 saturated carbocycles. The topological polar surface area (TPSA) is 102 Å². The van der Waals surface area contributed by atoms with Crippen molar-refractivity contribution in [2.24, 2.45) is 7.05 Å². The zero-order valence-electron chi connectivity index (χ0n) is 13.7. The summed E-state index contributed by atoms with van der Waals surface area (Å²) >= 11 is 0. The molecule has 3 heterocycles. The van der Waals surface area contributed by atoms with Crippen molar-refractivity contribution in [2.45, 2.75) is 26.3 Å². The maximum absolute atomic E-state index is 11.2. The summed E-state index contributed by atoms with van der Waals surface area (Å²) in [6.07, 6.45) is 4.69. The normalized spacial score (nSPS) is 17.9. The van der Waals surface area contributed by atoms with Crippen LogP contribution in [-0.2, 0) is 7.05 Å². The number of amides is 1. The molecule has 1 aliphatic heterocycles. The van der Waals surface area contributed by atoms with Gasteiger partial charge in [0, 0.05) is 42.3 Å². The fourth-order valence-electron chi connectivity index (χ4n) is 3.30. The Morgan fingerprint density at radius 3 is 2.79 bits per heavy atom. The number of aryl methyl sites for hydroxylation is 2. The average Bonchev–Trinajstić information content (AvgIpc) is 2.85.